The van der Waals surface area contributed by atoms with Gasteiger partial charge in [0.2, 0.25) is 11.7 Å². The van der Waals surface area contributed by atoms with E-state index in [4.69, 9.17) is 32.9 Å². The standard InChI is InChI=1S/C38H36Cl2F3N9O5/c1-49-31-27(33(54)50(2)36(49)56)30(46-34(47-31)38(41,42)43)44-23-9-5-7-21(29(23)40)20-6-4-8-22(28(20)39)24-16-19-10-11-25(26(19)32(45-24)57-3)51-13-12-37(17-51)18-52(14-15-53)35(55)48-37/h4-9,16,25,53H,10-15,17-18H2,1-3H3,(H,48,55)(H,44,46,47). The van der Waals surface area contributed by atoms with Crippen LogP contribution in [0.25, 0.3) is 33.4 Å². The number of anilines is 2. The second-order valence-corrected chi connectivity index (χ2v) is 15.2. The summed E-state index contributed by atoms with van der Waals surface area (Å²) in [6.07, 6.45) is -2.61. The van der Waals surface area contributed by atoms with Crippen molar-refractivity contribution in [3.05, 3.63) is 90.3 Å². The fourth-order valence-electron chi connectivity index (χ4n) is 8.30. The molecule has 8 rings (SSSR count). The lowest BCUT2D eigenvalue weighted by molar-refractivity contribution is -0.144. The van der Waals surface area contributed by atoms with Crippen LogP contribution in [0, 0.1) is 0 Å². The Morgan fingerprint density at radius 2 is 1.72 bits per heavy atom. The van der Waals surface area contributed by atoms with Crippen LogP contribution in [0.15, 0.2) is 52.1 Å². The van der Waals surface area contributed by atoms with E-state index in [1.165, 1.54) is 20.2 Å². The van der Waals surface area contributed by atoms with Gasteiger partial charge >= 0.3 is 17.9 Å². The normalized spacial score (nSPS) is 19.5. The molecule has 0 bridgehead atoms. The number of fused-ring (bicyclic) bond motifs is 2. The predicted molar refractivity (Wildman–Crippen MR) is 207 cm³/mol. The topological polar surface area (TPSA) is 160 Å². The molecule has 0 radical (unpaired) electrons. The molecular weight excluding hydrogens is 790 g/mol. The van der Waals surface area contributed by atoms with E-state index in [1.54, 1.807) is 36.3 Å². The first-order valence-corrected chi connectivity index (χ1v) is 18.8. The van der Waals surface area contributed by atoms with Crippen molar-refractivity contribution >= 4 is 51.8 Å². The van der Waals surface area contributed by atoms with E-state index in [-0.39, 0.29) is 46.9 Å². The molecule has 3 N–H and O–H groups in total. The van der Waals surface area contributed by atoms with E-state index in [0.29, 0.717) is 46.4 Å². The van der Waals surface area contributed by atoms with Gasteiger partial charge in [0.15, 0.2) is 5.65 Å². The summed E-state index contributed by atoms with van der Waals surface area (Å²) in [4.78, 5) is 54.5. The molecule has 2 saturated heterocycles. The van der Waals surface area contributed by atoms with Crippen molar-refractivity contribution in [3.63, 3.8) is 0 Å². The van der Waals surface area contributed by atoms with Gasteiger partial charge in [-0.1, -0.05) is 53.5 Å². The van der Waals surface area contributed by atoms with E-state index in [1.807, 2.05) is 12.1 Å². The number of aryl methyl sites for hydroxylation is 2. The zero-order valence-corrected chi connectivity index (χ0v) is 32.4. The van der Waals surface area contributed by atoms with Crippen LogP contribution in [-0.4, -0.2) is 90.5 Å². The summed E-state index contributed by atoms with van der Waals surface area (Å²) < 4.78 is 49.3. The molecule has 5 aromatic rings. The lowest BCUT2D eigenvalue weighted by Gasteiger charge is -2.28. The molecule has 3 aromatic heterocycles. The lowest BCUT2D eigenvalue weighted by atomic mass is 9.99. The smallest absolute Gasteiger partial charge is 0.451 e. The van der Waals surface area contributed by atoms with E-state index in [0.717, 1.165) is 46.1 Å². The Morgan fingerprint density at radius 3 is 2.44 bits per heavy atom. The minimum absolute atomic E-state index is 0.0276. The zero-order chi connectivity index (χ0) is 40.6. The number of β-amino-alcohol motifs (C(OH)–C–C–N with tert-alkyl or cyclic N) is 1. The molecule has 19 heteroatoms. The van der Waals surface area contributed by atoms with E-state index in [2.05, 4.69) is 25.5 Å². The molecule has 2 fully saturated rings. The second-order valence-electron chi connectivity index (χ2n) is 14.5. The highest BCUT2D eigenvalue weighted by atomic mass is 35.5. The Morgan fingerprint density at radius 1 is 1.00 bits per heavy atom. The van der Waals surface area contributed by atoms with Crippen molar-refractivity contribution in [3.8, 4) is 28.3 Å². The number of alkyl halides is 3. The highest BCUT2D eigenvalue weighted by Gasteiger charge is 2.49. The van der Waals surface area contributed by atoms with Crippen molar-refractivity contribution < 1.29 is 27.8 Å². The maximum atomic E-state index is 13.9. The van der Waals surface area contributed by atoms with Crippen molar-refractivity contribution in [2.75, 3.05) is 45.2 Å². The van der Waals surface area contributed by atoms with Crippen molar-refractivity contribution in [2.45, 2.75) is 37.0 Å². The monoisotopic (exact) mass is 825 g/mol. The first-order valence-electron chi connectivity index (χ1n) is 18.0. The summed E-state index contributed by atoms with van der Waals surface area (Å²) in [6, 6.07) is 12.0. The van der Waals surface area contributed by atoms with E-state index < -0.39 is 34.7 Å². The Labute approximate surface area is 332 Å². The molecule has 2 atom stereocenters. The number of urea groups is 1. The number of amides is 2. The van der Waals surface area contributed by atoms with Crippen LogP contribution in [-0.2, 0) is 26.7 Å². The van der Waals surface area contributed by atoms with Gasteiger partial charge in [-0.2, -0.15) is 13.2 Å². The molecule has 3 aliphatic rings. The summed E-state index contributed by atoms with van der Waals surface area (Å²) >= 11 is 14.1. The van der Waals surface area contributed by atoms with Crippen molar-refractivity contribution in [1.82, 2.24) is 39.2 Å². The number of carbonyl (C=O) groups excluding carboxylic acids is 1. The summed E-state index contributed by atoms with van der Waals surface area (Å²) in [5.41, 5.74) is 1.61. The van der Waals surface area contributed by atoms with Crippen LogP contribution in [0.2, 0.25) is 10.0 Å². The van der Waals surface area contributed by atoms with Gasteiger partial charge in [0.05, 0.1) is 40.7 Å². The molecular formula is C38H36Cl2F3N9O5. The molecule has 2 aliphatic heterocycles. The van der Waals surface area contributed by atoms with Crippen LogP contribution in [0.1, 0.15) is 35.8 Å². The van der Waals surface area contributed by atoms with Gasteiger partial charge in [-0.15, -0.1) is 0 Å². The molecule has 298 valence electrons. The molecule has 1 spiro atoms. The number of methoxy groups -OCH3 is 1. The molecule has 1 aliphatic carbocycles. The molecule has 2 amide bonds. The number of likely N-dealkylation sites (tertiary alicyclic amines) is 1. The number of aromatic nitrogens is 5. The maximum Gasteiger partial charge on any atom is 0.451 e. The number of nitrogens with zero attached hydrogens (tertiary/aromatic N) is 7. The van der Waals surface area contributed by atoms with Gasteiger partial charge < -0.3 is 25.4 Å². The number of nitrogens with one attached hydrogen (secondary N) is 2. The van der Waals surface area contributed by atoms with Crippen molar-refractivity contribution in [1.29, 1.82) is 0 Å². The minimum Gasteiger partial charge on any atom is -0.481 e. The molecule has 5 heterocycles. The number of ether oxygens (including phenoxy) is 1. The van der Waals surface area contributed by atoms with Gasteiger partial charge in [-0.05, 0) is 37.0 Å². The Balaban J connectivity index is 1.13. The Bertz CT molecular complexity index is 2600. The fraction of sp³-hybridized carbons (Fsp3) is 0.368. The lowest BCUT2D eigenvalue weighted by Crippen LogP contribution is -2.46. The van der Waals surface area contributed by atoms with Crippen LogP contribution in [0.4, 0.5) is 29.5 Å². The first-order chi connectivity index (χ1) is 27.1. The number of carbonyl (C=O) groups is 1. The average molecular weight is 827 g/mol. The van der Waals surface area contributed by atoms with E-state index in [9.17, 15) is 32.7 Å². The number of halogens is 5. The quantitative estimate of drug-likeness (QED) is 0.188. The number of pyridine rings is 1. The third-order valence-electron chi connectivity index (χ3n) is 11.0. The highest BCUT2D eigenvalue weighted by molar-refractivity contribution is 6.39. The minimum atomic E-state index is -4.99. The molecule has 0 saturated carbocycles. The molecule has 14 nitrogen and oxygen atoms in total. The van der Waals surface area contributed by atoms with Crippen LogP contribution < -0.4 is 26.6 Å². The summed E-state index contributed by atoms with van der Waals surface area (Å²) in [7, 11) is 3.98. The third-order valence-corrected chi connectivity index (χ3v) is 11.9. The van der Waals surface area contributed by atoms with Gasteiger partial charge in [0, 0.05) is 68.6 Å². The fourth-order valence-corrected chi connectivity index (χ4v) is 8.90. The number of hydrogen-bond donors (Lipinski definition) is 3. The largest absolute Gasteiger partial charge is 0.481 e. The number of benzene rings is 2. The van der Waals surface area contributed by atoms with Gasteiger partial charge in [0.1, 0.15) is 11.2 Å². The second kappa shape index (κ2) is 14.3. The number of rotatable bonds is 8. The number of hydrogen-bond acceptors (Lipinski definition) is 10. The molecule has 57 heavy (non-hydrogen) atoms. The Hall–Kier alpha value is -5.23. The zero-order valence-electron chi connectivity index (χ0n) is 30.9. The first kappa shape index (κ1) is 38.6. The van der Waals surface area contributed by atoms with Crippen LogP contribution in [0.5, 0.6) is 5.88 Å². The number of aliphatic hydroxyl groups excluding tert-OH is 1. The summed E-state index contributed by atoms with van der Waals surface area (Å²) in [5.74, 6) is -1.58. The van der Waals surface area contributed by atoms with Gasteiger partial charge in [-0.3, -0.25) is 18.8 Å². The molecule has 2 aromatic carbocycles. The number of aliphatic hydroxyl groups is 1. The predicted octanol–water partition coefficient (Wildman–Crippen LogP) is 5.28. The summed E-state index contributed by atoms with van der Waals surface area (Å²) in [6.45, 7) is 2.16. The molecule has 2 unspecified atom stereocenters. The van der Waals surface area contributed by atoms with Gasteiger partial charge in [-0.25, -0.2) is 24.5 Å². The maximum absolute atomic E-state index is 13.9. The summed E-state index contributed by atoms with van der Waals surface area (Å²) in [5, 5.41) is 15.4. The van der Waals surface area contributed by atoms with Crippen LogP contribution >= 0.6 is 23.2 Å². The SMILES string of the molecule is COc1nc(-c2cccc(-c3cccc(Nc4nc(C(F)(F)F)nc5c4c(=O)n(C)c(=O)n5C)c3Cl)c2Cl)cc2c1C(N1CCC3(CN(CCO)C(=O)N3)C1)CC2. The van der Waals surface area contributed by atoms with Crippen LogP contribution in [0.3, 0.4) is 0 Å². The third kappa shape index (κ3) is 6.55. The van der Waals surface area contributed by atoms with Crippen molar-refractivity contribution in [2.24, 2.45) is 14.1 Å². The highest BCUT2D eigenvalue weighted by Crippen LogP contribution is 2.47. The average Bonchev–Trinajstić information content (AvgIpc) is 3.88. The van der Waals surface area contributed by atoms with Gasteiger partial charge in [0.25, 0.3) is 5.56 Å². The van der Waals surface area contributed by atoms with E-state index >= 15 is 0 Å². The Kier molecular flexibility index (Phi) is 9.69.